The molecule has 0 fully saturated rings. The van der Waals surface area contributed by atoms with E-state index in [1.165, 1.54) is 12.1 Å². The van der Waals surface area contributed by atoms with Crippen molar-refractivity contribution in [3.8, 4) is 17.2 Å². The van der Waals surface area contributed by atoms with Crippen molar-refractivity contribution in [3.63, 3.8) is 0 Å². The molecule has 28 heavy (non-hydrogen) atoms. The average molecular weight is 388 g/mol. The Morgan fingerprint density at radius 1 is 0.929 bits per heavy atom. The molecular formula is C20H24N2O6. The molecule has 150 valence electrons. The molecule has 0 aromatic heterocycles. The Hall–Kier alpha value is -3.42. The van der Waals surface area contributed by atoms with Crippen molar-refractivity contribution < 1.29 is 28.9 Å². The van der Waals surface area contributed by atoms with Gasteiger partial charge in [0.25, 0.3) is 0 Å². The van der Waals surface area contributed by atoms with Crippen LogP contribution in [0.2, 0.25) is 0 Å². The summed E-state index contributed by atoms with van der Waals surface area (Å²) in [6, 6.07) is 11.3. The van der Waals surface area contributed by atoms with Gasteiger partial charge in [0.2, 0.25) is 0 Å². The Kier molecular flexibility index (Phi) is 7.95. The summed E-state index contributed by atoms with van der Waals surface area (Å²) in [6.45, 7) is 1.18. The molecule has 0 aliphatic heterocycles. The van der Waals surface area contributed by atoms with Crippen LogP contribution < -0.4 is 24.8 Å². The Morgan fingerprint density at radius 3 is 2.11 bits per heavy atom. The predicted molar refractivity (Wildman–Crippen MR) is 103 cm³/mol. The van der Waals surface area contributed by atoms with E-state index in [0.717, 1.165) is 5.56 Å². The number of hydrogen-bond acceptors (Lipinski definition) is 5. The molecule has 0 aliphatic rings. The van der Waals surface area contributed by atoms with Crippen LogP contribution in [-0.2, 0) is 6.54 Å². The largest absolute Gasteiger partial charge is 0.496 e. The summed E-state index contributed by atoms with van der Waals surface area (Å²) in [6.07, 6.45) is 0.625. The summed E-state index contributed by atoms with van der Waals surface area (Å²) in [5.74, 6) is 0.934. The summed E-state index contributed by atoms with van der Waals surface area (Å²) >= 11 is 0. The average Bonchev–Trinajstić information content (AvgIpc) is 2.71. The van der Waals surface area contributed by atoms with Gasteiger partial charge in [-0.05, 0) is 24.1 Å². The van der Waals surface area contributed by atoms with Gasteiger partial charge in [-0.25, -0.2) is 9.59 Å². The third kappa shape index (κ3) is 6.71. The molecule has 0 saturated carbocycles. The number of carboxylic acid groups (broad SMARTS) is 1. The van der Waals surface area contributed by atoms with E-state index in [1.807, 2.05) is 0 Å². The molecular weight excluding hydrogens is 364 g/mol. The molecule has 0 unspecified atom stereocenters. The van der Waals surface area contributed by atoms with E-state index in [0.29, 0.717) is 43.4 Å². The Bertz CT molecular complexity index is 770. The number of rotatable bonds is 10. The fourth-order valence-electron chi connectivity index (χ4n) is 2.34. The summed E-state index contributed by atoms with van der Waals surface area (Å²) in [5, 5.41) is 14.3. The Labute approximate surface area is 163 Å². The van der Waals surface area contributed by atoms with Crippen molar-refractivity contribution in [2.75, 3.05) is 27.4 Å². The number of nitrogens with one attached hydrogen (secondary N) is 2. The molecule has 2 aromatic rings. The first-order valence-corrected chi connectivity index (χ1v) is 8.71. The molecule has 2 amide bonds. The van der Waals surface area contributed by atoms with Gasteiger partial charge in [0, 0.05) is 31.3 Å². The van der Waals surface area contributed by atoms with Crippen molar-refractivity contribution >= 4 is 12.0 Å². The maximum absolute atomic E-state index is 11.8. The SMILES string of the molecule is COc1cc(OC)cc(OCCCNC(=O)NCc2ccc(C(=O)O)cc2)c1. The van der Waals surface area contributed by atoms with Gasteiger partial charge in [-0.3, -0.25) is 0 Å². The second kappa shape index (κ2) is 10.7. The molecule has 8 heteroatoms. The van der Waals surface area contributed by atoms with Crippen LogP contribution in [0.4, 0.5) is 4.79 Å². The van der Waals surface area contributed by atoms with Crippen molar-refractivity contribution in [2.24, 2.45) is 0 Å². The van der Waals surface area contributed by atoms with E-state index < -0.39 is 5.97 Å². The number of carboxylic acids is 1. The minimum Gasteiger partial charge on any atom is -0.496 e. The lowest BCUT2D eigenvalue weighted by atomic mass is 10.1. The first-order chi connectivity index (χ1) is 13.5. The van der Waals surface area contributed by atoms with Crippen LogP contribution in [0.5, 0.6) is 17.2 Å². The molecule has 0 bridgehead atoms. The molecule has 0 aliphatic carbocycles. The highest BCUT2D eigenvalue weighted by molar-refractivity contribution is 5.87. The zero-order valence-electron chi connectivity index (χ0n) is 15.9. The van der Waals surface area contributed by atoms with Gasteiger partial charge in [0.1, 0.15) is 17.2 Å². The molecule has 0 heterocycles. The predicted octanol–water partition coefficient (Wildman–Crippen LogP) is 2.67. The molecule has 8 nitrogen and oxygen atoms in total. The van der Waals surface area contributed by atoms with E-state index in [4.69, 9.17) is 19.3 Å². The molecule has 2 aromatic carbocycles. The lowest BCUT2D eigenvalue weighted by molar-refractivity contribution is 0.0697. The van der Waals surface area contributed by atoms with E-state index in [2.05, 4.69) is 10.6 Å². The van der Waals surface area contributed by atoms with E-state index in [9.17, 15) is 9.59 Å². The topological polar surface area (TPSA) is 106 Å². The van der Waals surface area contributed by atoms with Crippen molar-refractivity contribution in [2.45, 2.75) is 13.0 Å². The summed E-state index contributed by atoms with van der Waals surface area (Å²) in [5.41, 5.74) is 1.03. The third-order valence-corrected chi connectivity index (χ3v) is 3.85. The highest BCUT2D eigenvalue weighted by atomic mass is 16.5. The van der Waals surface area contributed by atoms with Gasteiger partial charge in [-0.15, -0.1) is 0 Å². The normalized spacial score (nSPS) is 10.1. The highest BCUT2D eigenvalue weighted by Crippen LogP contribution is 2.27. The van der Waals surface area contributed by atoms with Crippen LogP contribution in [0.1, 0.15) is 22.3 Å². The van der Waals surface area contributed by atoms with Gasteiger partial charge < -0.3 is 30.0 Å². The lowest BCUT2D eigenvalue weighted by Crippen LogP contribution is -2.36. The number of benzene rings is 2. The van der Waals surface area contributed by atoms with E-state index in [-0.39, 0.29) is 11.6 Å². The second-order valence-corrected chi connectivity index (χ2v) is 5.86. The molecule has 0 spiro atoms. The minimum atomic E-state index is -0.980. The smallest absolute Gasteiger partial charge is 0.335 e. The first-order valence-electron chi connectivity index (χ1n) is 8.71. The quantitative estimate of drug-likeness (QED) is 0.541. The second-order valence-electron chi connectivity index (χ2n) is 5.86. The van der Waals surface area contributed by atoms with Crippen molar-refractivity contribution in [3.05, 3.63) is 53.6 Å². The minimum absolute atomic E-state index is 0.210. The Morgan fingerprint density at radius 2 is 1.54 bits per heavy atom. The molecule has 0 radical (unpaired) electrons. The number of amides is 2. The van der Waals surface area contributed by atoms with Crippen molar-refractivity contribution in [1.29, 1.82) is 0 Å². The first kappa shape index (κ1) is 20.9. The number of ether oxygens (including phenoxy) is 3. The third-order valence-electron chi connectivity index (χ3n) is 3.85. The van der Waals surface area contributed by atoms with E-state index >= 15 is 0 Å². The fourth-order valence-corrected chi connectivity index (χ4v) is 2.34. The molecule has 2 rings (SSSR count). The van der Waals surface area contributed by atoms with Crippen LogP contribution in [0.15, 0.2) is 42.5 Å². The monoisotopic (exact) mass is 388 g/mol. The summed E-state index contributed by atoms with van der Waals surface area (Å²) in [7, 11) is 3.14. The van der Waals surface area contributed by atoms with Gasteiger partial charge in [-0.2, -0.15) is 0 Å². The molecule has 3 N–H and O–H groups in total. The van der Waals surface area contributed by atoms with Gasteiger partial charge in [0.15, 0.2) is 0 Å². The van der Waals surface area contributed by atoms with E-state index in [1.54, 1.807) is 44.6 Å². The summed E-state index contributed by atoms with van der Waals surface area (Å²) in [4.78, 5) is 22.6. The lowest BCUT2D eigenvalue weighted by Gasteiger charge is -2.11. The number of hydrogen-bond donors (Lipinski definition) is 3. The van der Waals surface area contributed by atoms with Crippen molar-refractivity contribution in [1.82, 2.24) is 10.6 Å². The summed E-state index contributed by atoms with van der Waals surface area (Å²) < 4.78 is 16.0. The van der Waals surface area contributed by atoms with Gasteiger partial charge in [0.05, 0.1) is 26.4 Å². The zero-order valence-corrected chi connectivity index (χ0v) is 15.9. The van der Waals surface area contributed by atoms with Crippen LogP contribution in [-0.4, -0.2) is 44.5 Å². The number of carbonyl (C=O) groups excluding carboxylic acids is 1. The van der Waals surface area contributed by atoms with Gasteiger partial charge in [-0.1, -0.05) is 12.1 Å². The van der Waals surface area contributed by atoms with Gasteiger partial charge >= 0.3 is 12.0 Å². The van der Waals surface area contributed by atoms with Crippen LogP contribution in [0.25, 0.3) is 0 Å². The maximum atomic E-state index is 11.8. The van der Waals surface area contributed by atoms with Crippen LogP contribution in [0, 0.1) is 0 Å². The maximum Gasteiger partial charge on any atom is 0.335 e. The number of carbonyl (C=O) groups is 2. The molecule has 0 saturated heterocycles. The van der Waals surface area contributed by atoms with Crippen LogP contribution >= 0.6 is 0 Å². The highest BCUT2D eigenvalue weighted by Gasteiger charge is 2.05. The van der Waals surface area contributed by atoms with Crippen LogP contribution in [0.3, 0.4) is 0 Å². The molecule has 0 atom stereocenters. The zero-order chi connectivity index (χ0) is 20.4. The Balaban J connectivity index is 1.65. The number of methoxy groups -OCH3 is 2. The number of aromatic carboxylic acids is 1. The fraction of sp³-hybridized carbons (Fsp3) is 0.300. The number of urea groups is 1. The standard InChI is InChI=1S/C20H24N2O6/c1-26-16-10-17(27-2)12-18(11-16)28-9-3-8-21-20(25)22-13-14-4-6-15(7-5-14)19(23)24/h4-7,10-12H,3,8-9,13H2,1-2H3,(H,23,24)(H2,21,22,25).